The van der Waals surface area contributed by atoms with E-state index in [1.807, 2.05) is 0 Å². The minimum absolute atomic E-state index is 0.119. The SMILES string of the molecule is COC(=O)NC(C(=O)N[C@H]1CCC[C@@H]1CC[C@H]1CN[C@@H]2CCCS(=O)(=O)N1C2)C(c1ccc(F)cc1)c1ccc(F)cc1. The van der Waals surface area contributed by atoms with E-state index in [1.165, 1.54) is 31.4 Å². The van der Waals surface area contributed by atoms with Gasteiger partial charge in [0.05, 0.1) is 12.9 Å². The zero-order chi connectivity index (χ0) is 30.6. The highest BCUT2D eigenvalue weighted by molar-refractivity contribution is 7.89. The van der Waals surface area contributed by atoms with E-state index in [0.29, 0.717) is 37.1 Å². The molecule has 2 aromatic carbocycles. The van der Waals surface area contributed by atoms with Crippen LogP contribution in [0.5, 0.6) is 0 Å². The van der Waals surface area contributed by atoms with E-state index in [9.17, 15) is 26.8 Å². The average Bonchev–Trinajstić information content (AvgIpc) is 3.39. The molecule has 0 radical (unpaired) electrons. The zero-order valence-corrected chi connectivity index (χ0v) is 25.1. The summed E-state index contributed by atoms with van der Waals surface area (Å²) in [4.78, 5) is 26.4. The third kappa shape index (κ3) is 7.53. The van der Waals surface area contributed by atoms with Crippen LogP contribution in [0.2, 0.25) is 0 Å². The second kappa shape index (κ2) is 13.7. The lowest BCUT2D eigenvalue weighted by molar-refractivity contribution is -0.124. The predicted molar refractivity (Wildman–Crippen MR) is 158 cm³/mol. The van der Waals surface area contributed by atoms with Gasteiger partial charge in [-0.25, -0.2) is 22.0 Å². The number of fused-ring (bicyclic) bond motifs is 2. The van der Waals surface area contributed by atoms with Gasteiger partial charge in [0.2, 0.25) is 15.9 Å². The average molecular weight is 619 g/mol. The highest BCUT2D eigenvalue weighted by Gasteiger charge is 2.40. The van der Waals surface area contributed by atoms with Crippen LogP contribution in [0.4, 0.5) is 13.6 Å². The van der Waals surface area contributed by atoms with Crippen molar-refractivity contribution in [2.75, 3.05) is 26.0 Å². The van der Waals surface area contributed by atoms with Crippen molar-refractivity contribution in [1.82, 2.24) is 20.3 Å². The first kappa shape index (κ1) is 31.3. The normalized spacial score (nSPS) is 27.2. The molecule has 0 aromatic heterocycles. The van der Waals surface area contributed by atoms with E-state index in [-0.39, 0.29) is 29.8 Å². The summed E-state index contributed by atoms with van der Waals surface area (Å²) in [5.74, 6) is -1.76. The summed E-state index contributed by atoms with van der Waals surface area (Å²) in [6, 6.07) is 10.1. The maximum atomic E-state index is 14.0. The van der Waals surface area contributed by atoms with Crippen molar-refractivity contribution < 1.29 is 31.5 Å². The van der Waals surface area contributed by atoms with E-state index in [0.717, 1.165) is 32.1 Å². The molecule has 1 aliphatic carbocycles. The number of hydrogen-bond donors (Lipinski definition) is 3. The van der Waals surface area contributed by atoms with Gasteiger partial charge in [0, 0.05) is 37.1 Å². The number of carbonyl (C=O) groups is 2. The van der Waals surface area contributed by atoms with E-state index >= 15 is 0 Å². The van der Waals surface area contributed by atoms with Crippen molar-refractivity contribution in [2.24, 2.45) is 5.92 Å². The second-order valence-electron chi connectivity index (χ2n) is 11.9. The maximum Gasteiger partial charge on any atom is 0.407 e. The fraction of sp³-hybridized carbons (Fsp3) is 0.548. The van der Waals surface area contributed by atoms with Gasteiger partial charge in [0.25, 0.3) is 0 Å². The maximum absolute atomic E-state index is 14.0. The lowest BCUT2D eigenvalue weighted by Gasteiger charge is -2.38. The Kier molecular flexibility index (Phi) is 9.98. The van der Waals surface area contributed by atoms with E-state index in [4.69, 9.17) is 4.74 Å². The van der Waals surface area contributed by atoms with Crippen molar-refractivity contribution >= 4 is 22.0 Å². The molecular formula is C31H40F2N4O5S. The number of halogens is 2. The van der Waals surface area contributed by atoms with Crippen LogP contribution in [-0.4, -0.2) is 74.8 Å². The minimum Gasteiger partial charge on any atom is -0.453 e. The Labute approximate surface area is 251 Å². The predicted octanol–water partition coefficient (Wildman–Crippen LogP) is 3.65. The number of rotatable bonds is 9. The van der Waals surface area contributed by atoms with Crippen molar-refractivity contribution in [3.8, 4) is 0 Å². The molecule has 2 heterocycles. The van der Waals surface area contributed by atoms with Gasteiger partial charge in [-0.3, -0.25) is 4.79 Å². The number of nitrogens with zero attached hydrogens (tertiary/aromatic N) is 1. The molecule has 9 nitrogen and oxygen atoms in total. The highest BCUT2D eigenvalue weighted by Crippen LogP contribution is 2.34. The summed E-state index contributed by atoms with van der Waals surface area (Å²) in [5, 5.41) is 9.33. The number of ether oxygens (including phenoxy) is 1. The molecule has 2 amide bonds. The zero-order valence-electron chi connectivity index (χ0n) is 24.3. The molecule has 2 saturated heterocycles. The number of sulfonamides is 1. The Morgan fingerprint density at radius 2 is 1.63 bits per heavy atom. The number of piperazine rings is 1. The molecular weight excluding hydrogens is 578 g/mol. The number of hydrogen-bond acceptors (Lipinski definition) is 6. The Balaban J connectivity index is 1.33. The van der Waals surface area contributed by atoms with Gasteiger partial charge in [-0.05, 0) is 79.8 Å². The van der Waals surface area contributed by atoms with Crippen molar-refractivity contribution in [3.05, 3.63) is 71.3 Å². The monoisotopic (exact) mass is 618 g/mol. The van der Waals surface area contributed by atoms with Gasteiger partial charge in [-0.2, -0.15) is 4.31 Å². The molecule has 0 spiro atoms. The largest absolute Gasteiger partial charge is 0.453 e. The molecule has 3 aliphatic rings. The van der Waals surface area contributed by atoms with Crippen LogP contribution in [0.1, 0.15) is 62.0 Å². The second-order valence-corrected chi connectivity index (χ2v) is 13.9. The van der Waals surface area contributed by atoms with Crippen LogP contribution in [0.15, 0.2) is 48.5 Å². The summed E-state index contributed by atoms with van der Waals surface area (Å²) in [6.45, 7) is 1.13. The fourth-order valence-electron chi connectivity index (χ4n) is 6.90. The van der Waals surface area contributed by atoms with Crippen LogP contribution >= 0.6 is 0 Å². The smallest absolute Gasteiger partial charge is 0.407 e. The van der Waals surface area contributed by atoms with Crippen LogP contribution < -0.4 is 16.0 Å². The number of carbonyl (C=O) groups excluding carboxylic acids is 2. The Bertz CT molecular complexity index is 1330. The van der Waals surface area contributed by atoms with Gasteiger partial charge in [0.1, 0.15) is 17.7 Å². The molecule has 2 bridgehead atoms. The number of methoxy groups -OCH3 is 1. The summed E-state index contributed by atoms with van der Waals surface area (Å²) in [5.41, 5.74) is 1.13. The summed E-state index contributed by atoms with van der Waals surface area (Å²) < 4.78 is 60.0. The first-order valence-electron chi connectivity index (χ1n) is 15.0. The lowest BCUT2D eigenvalue weighted by atomic mass is 9.84. The topological polar surface area (TPSA) is 117 Å². The van der Waals surface area contributed by atoms with Gasteiger partial charge >= 0.3 is 6.09 Å². The molecule has 234 valence electrons. The van der Waals surface area contributed by atoms with Crippen molar-refractivity contribution in [3.63, 3.8) is 0 Å². The van der Waals surface area contributed by atoms with Crippen LogP contribution in [0.25, 0.3) is 0 Å². The van der Waals surface area contributed by atoms with E-state index < -0.39 is 45.6 Å². The molecule has 12 heteroatoms. The lowest BCUT2D eigenvalue weighted by Crippen LogP contribution is -2.57. The molecule has 3 fully saturated rings. The van der Waals surface area contributed by atoms with Crippen LogP contribution in [0, 0.1) is 17.6 Å². The first-order chi connectivity index (χ1) is 20.6. The van der Waals surface area contributed by atoms with Crippen molar-refractivity contribution in [2.45, 2.75) is 75.0 Å². The molecule has 2 unspecified atom stereocenters. The third-order valence-corrected chi connectivity index (χ3v) is 11.1. The number of benzene rings is 2. The molecule has 2 aromatic rings. The first-order valence-corrected chi connectivity index (χ1v) is 16.6. The third-order valence-electron chi connectivity index (χ3n) is 9.15. The van der Waals surface area contributed by atoms with Crippen LogP contribution in [-0.2, 0) is 19.6 Å². The highest BCUT2D eigenvalue weighted by atomic mass is 32.2. The summed E-state index contributed by atoms with van der Waals surface area (Å²) in [6.07, 6.45) is 4.72. The number of nitrogens with one attached hydrogen (secondary N) is 3. The summed E-state index contributed by atoms with van der Waals surface area (Å²) in [7, 11) is -2.08. The minimum atomic E-state index is -3.29. The molecule has 5 rings (SSSR count). The van der Waals surface area contributed by atoms with Gasteiger partial charge in [-0.15, -0.1) is 0 Å². The quantitative estimate of drug-likeness (QED) is 0.395. The molecule has 2 aliphatic heterocycles. The van der Waals surface area contributed by atoms with Crippen LogP contribution in [0.3, 0.4) is 0 Å². The van der Waals surface area contributed by atoms with Gasteiger partial charge in [-0.1, -0.05) is 30.7 Å². The Hall–Kier alpha value is -3.09. The van der Waals surface area contributed by atoms with E-state index in [2.05, 4.69) is 16.0 Å². The molecule has 1 saturated carbocycles. The summed E-state index contributed by atoms with van der Waals surface area (Å²) >= 11 is 0. The number of alkyl carbamates (subject to hydrolysis) is 1. The number of amides is 2. The van der Waals surface area contributed by atoms with E-state index in [1.54, 1.807) is 28.6 Å². The van der Waals surface area contributed by atoms with Gasteiger partial charge in [0.15, 0.2) is 0 Å². The van der Waals surface area contributed by atoms with Crippen molar-refractivity contribution in [1.29, 1.82) is 0 Å². The molecule has 43 heavy (non-hydrogen) atoms. The fourth-order valence-corrected chi connectivity index (χ4v) is 8.71. The molecule has 3 N–H and O–H groups in total. The Morgan fingerprint density at radius 3 is 2.26 bits per heavy atom. The molecule has 6 atom stereocenters. The standard InChI is InChI=1S/C31H40F2N4O5S/c1-42-31(39)36-29(28(21-7-12-23(32)13-8-21)22-9-14-24(33)15-10-22)30(38)35-27-6-2-4-20(27)11-16-26-18-34-25-5-3-17-43(40,41)37(26)19-25/h7-10,12-15,20,25-29,34H,2-6,11,16-19H2,1H3,(H,35,38)(H,36,39)/t20-,25-,26+,27+,29?/m1/s1. The van der Waals surface area contributed by atoms with Gasteiger partial charge < -0.3 is 20.7 Å². The Morgan fingerprint density at radius 1 is 0.977 bits per heavy atom.